The summed E-state index contributed by atoms with van der Waals surface area (Å²) >= 11 is 5.79. The number of methoxy groups -OCH3 is 1. The Balaban J connectivity index is 1.76. The molecule has 156 valence electrons. The second kappa shape index (κ2) is 8.93. The highest BCUT2D eigenvalue weighted by Gasteiger charge is 2.41. The second-order valence-corrected chi connectivity index (χ2v) is 7.97. The van der Waals surface area contributed by atoms with Crippen molar-refractivity contribution in [2.24, 2.45) is 0 Å². The van der Waals surface area contributed by atoms with Crippen LogP contribution < -0.4 is 5.32 Å². The third kappa shape index (κ3) is 3.95. The molecule has 1 fully saturated rings. The minimum Gasteiger partial charge on any atom is -0.383 e. The number of rotatable bonds is 7. The van der Waals surface area contributed by atoms with Crippen molar-refractivity contribution in [3.8, 4) is 0 Å². The lowest BCUT2D eigenvalue weighted by molar-refractivity contribution is 0.186. The first-order valence-corrected chi connectivity index (χ1v) is 10.5. The molecule has 1 N–H and O–H groups in total. The van der Waals surface area contributed by atoms with Crippen LogP contribution in [0.4, 0.5) is 0 Å². The monoisotopic (exact) mass is 421 g/mol. The van der Waals surface area contributed by atoms with Gasteiger partial charge in [-0.15, -0.1) is 0 Å². The number of thiocarbonyl (C=S) groups is 1. The Kier molecular flexibility index (Phi) is 6.11. The molecular weight excluding hydrogens is 394 g/mol. The van der Waals surface area contributed by atoms with Crippen molar-refractivity contribution in [3.05, 3.63) is 83.2 Å². The Morgan fingerprint density at radius 1 is 1.17 bits per heavy atom. The summed E-state index contributed by atoms with van der Waals surface area (Å²) in [4.78, 5) is 11.2. The van der Waals surface area contributed by atoms with E-state index in [9.17, 15) is 0 Å². The molecule has 6 nitrogen and oxygen atoms in total. The van der Waals surface area contributed by atoms with Crippen LogP contribution in [-0.2, 0) is 17.8 Å². The largest absolute Gasteiger partial charge is 0.383 e. The van der Waals surface area contributed by atoms with Gasteiger partial charge in [0.2, 0.25) is 0 Å². The van der Waals surface area contributed by atoms with Crippen LogP contribution in [0.2, 0.25) is 0 Å². The maximum absolute atomic E-state index is 5.79. The number of ether oxygens (including phenoxy) is 1. The van der Waals surface area contributed by atoms with E-state index >= 15 is 0 Å². The van der Waals surface area contributed by atoms with Crippen LogP contribution in [0.15, 0.2) is 55.0 Å². The third-order valence-electron chi connectivity index (χ3n) is 5.72. The molecule has 3 aromatic heterocycles. The van der Waals surface area contributed by atoms with Gasteiger partial charge in [-0.05, 0) is 61.5 Å². The first-order chi connectivity index (χ1) is 14.6. The maximum Gasteiger partial charge on any atom is 0.170 e. The lowest BCUT2D eigenvalue weighted by Gasteiger charge is -2.28. The van der Waals surface area contributed by atoms with E-state index < -0.39 is 0 Å². The minimum absolute atomic E-state index is 0.0215. The molecule has 0 saturated carbocycles. The van der Waals surface area contributed by atoms with Gasteiger partial charge in [-0.3, -0.25) is 9.97 Å². The molecule has 30 heavy (non-hydrogen) atoms. The highest BCUT2D eigenvalue weighted by atomic mass is 32.1. The van der Waals surface area contributed by atoms with Gasteiger partial charge in [0.25, 0.3) is 0 Å². The van der Waals surface area contributed by atoms with Gasteiger partial charge in [-0.1, -0.05) is 12.1 Å². The van der Waals surface area contributed by atoms with E-state index in [1.165, 1.54) is 17.0 Å². The number of hydrogen-bond donors (Lipinski definition) is 1. The van der Waals surface area contributed by atoms with Crippen molar-refractivity contribution in [2.75, 3.05) is 13.7 Å². The number of nitrogens with one attached hydrogen (secondary N) is 1. The molecule has 0 radical (unpaired) electrons. The van der Waals surface area contributed by atoms with Crippen LogP contribution in [-0.4, -0.2) is 38.3 Å². The molecule has 1 aliphatic rings. The van der Waals surface area contributed by atoms with E-state index in [1.54, 1.807) is 13.3 Å². The highest BCUT2D eigenvalue weighted by Crippen LogP contribution is 2.41. The molecule has 7 heteroatoms. The molecule has 0 aliphatic carbocycles. The zero-order valence-electron chi connectivity index (χ0n) is 17.6. The van der Waals surface area contributed by atoms with Gasteiger partial charge >= 0.3 is 0 Å². The molecule has 0 aromatic carbocycles. The summed E-state index contributed by atoms with van der Waals surface area (Å²) in [5, 5.41) is 4.27. The van der Waals surface area contributed by atoms with Crippen LogP contribution in [0.3, 0.4) is 0 Å². The van der Waals surface area contributed by atoms with Gasteiger partial charge in [0, 0.05) is 50.2 Å². The molecule has 4 rings (SSSR count). The third-order valence-corrected chi connectivity index (χ3v) is 6.08. The first kappa shape index (κ1) is 20.5. The fourth-order valence-electron chi connectivity index (χ4n) is 4.26. The zero-order chi connectivity index (χ0) is 21.1. The number of aryl methyl sites for hydroxylation is 1. The molecular formula is C23H27N5OS. The maximum atomic E-state index is 5.79. The van der Waals surface area contributed by atoms with Crippen LogP contribution >= 0.6 is 12.2 Å². The van der Waals surface area contributed by atoms with Crippen LogP contribution in [0.25, 0.3) is 0 Å². The second-order valence-electron chi connectivity index (χ2n) is 7.59. The predicted octanol–water partition coefficient (Wildman–Crippen LogP) is 3.71. The first-order valence-electron chi connectivity index (χ1n) is 10.1. The Bertz CT molecular complexity index is 1010. The molecule has 4 heterocycles. The van der Waals surface area contributed by atoms with Gasteiger partial charge in [-0.2, -0.15) is 0 Å². The molecule has 2 atom stereocenters. The Morgan fingerprint density at radius 2 is 2.03 bits per heavy atom. The summed E-state index contributed by atoms with van der Waals surface area (Å²) in [5.74, 6) is 0. The normalized spacial score (nSPS) is 18.6. The number of hydrogen-bond acceptors (Lipinski definition) is 4. The fourth-order valence-corrected chi connectivity index (χ4v) is 4.56. The predicted molar refractivity (Wildman–Crippen MR) is 121 cm³/mol. The van der Waals surface area contributed by atoms with E-state index in [-0.39, 0.29) is 12.1 Å². The quantitative estimate of drug-likeness (QED) is 0.587. The standard InChI is InChI=1S/C23H27N5OS/c1-16-13-19(17(2)27(16)11-12-29-3)22-21(20-8-4-5-10-25-20)26-23(30)28(22)15-18-7-6-9-24-14-18/h4-10,13-14,21-22H,11-12,15H2,1-3H3,(H,26,30)/t21-,22-/m1/s1. The summed E-state index contributed by atoms with van der Waals surface area (Å²) in [7, 11) is 1.74. The number of nitrogens with zero attached hydrogens (tertiary/aromatic N) is 4. The lowest BCUT2D eigenvalue weighted by Crippen LogP contribution is -2.29. The van der Waals surface area contributed by atoms with E-state index in [0.717, 1.165) is 22.9 Å². The van der Waals surface area contributed by atoms with Gasteiger partial charge in [0.1, 0.15) is 0 Å². The van der Waals surface area contributed by atoms with Gasteiger partial charge in [0.05, 0.1) is 24.4 Å². The van der Waals surface area contributed by atoms with Crippen molar-refractivity contribution in [1.29, 1.82) is 0 Å². The SMILES string of the molecule is COCCn1c(C)cc([C@@H]2[C@@H](c3ccccn3)NC(=S)N2Cc2cccnc2)c1C. The van der Waals surface area contributed by atoms with Gasteiger partial charge < -0.3 is 19.5 Å². The van der Waals surface area contributed by atoms with Gasteiger partial charge in [-0.25, -0.2) is 0 Å². The summed E-state index contributed by atoms with van der Waals surface area (Å²) in [6.45, 7) is 6.52. The summed E-state index contributed by atoms with van der Waals surface area (Å²) in [5.41, 5.74) is 5.83. The molecule has 1 aliphatic heterocycles. The average Bonchev–Trinajstić information content (AvgIpc) is 3.23. The molecule has 3 aromatic rings. The Hall–Kier alpha value is -2.77. The molecule has 0 amide bonds. The summed E-state index contributed by atoms with van der Waals surface area (Å²) in [6.07, 6.45) is 5.53. The van der Waals surface area contributed by atoms with Gasteiger partial charge in [0.15, 0.2) is 5.11 Å². The van der Waals surface area contributed by atoms with E-state index in [2.05, 4.69) is 56.8 Å². The zero-order valence-corrected chi connectivity index (χ0v) is 18.4. The summed E-state index contributed by atoms with van der Waals surface area (Å²) in [6, 6.07) is 12.4. The molecule has 0 spiro atoms. The topological polar surface area (TPSA) is 55.2 Å². The summed E-state index contributed by atoms with van der Waals surface area (Å²) < 4.78 is 7.63. The smallest absolute Gasteiger partial charge is 0.170 e. The van der Waals surface area contributed by atoms with Crippen molar-refractivity contribution in [2.45, 2.75) is 39.0 Å². The van der Waals surface area contributed by atoms with Crippen molar-refractivity contribution in [3.63, 3.8) is 0 Å². The fraction of sp³-hybridized carbons (Fsp3) is 0.348. The lowest BCUT2D eigenvalue weighted by atomic mass is 9.96. The Labute approximate surface area is 182 Å². The van der Waals surface area contributed by atoms with Crippen LogP contribution in [0, 0.1) is 13.8 Å². The van der Waals surface area contributed by atoms with E-state index in [0.29, 0.717) is 13.2 Å². The highest BCUT2D eigenvalue weighted by molar-refractivity contribution is 7.80. The van der Waals surface area contributed by atoms with E-state index in [4.69, 9.17) is 17.0 Å². The van der Waals surface area contributed by atoms with Crippen molar-refractivity contribution < 1.29 is 4.74 Å². The van der Waals surface area contributed by atoms with Crippen molar-refractivity contribution >= 4 is 17.3 Å². The molecule has 0 unspecified atom stereocenters. The number of pyridine rings is 2. The molecule has 1 saturated heterocycles. The van der Waals surface area contributed by atoms with Crippen LogP contribution in [0.1, 0.15) is 40.3 Å². The van der Waals surface area contributed by atoms with Crippen molar-refractivity contribution in [1.82, 2.24) is 24.8 Å². The van der Waals surface area contributed by atoms with E-state index in [1.807, 2.05) is 30.6 Å². The minimum atomic E-state index is -0.0215. The Morgan fingerprint density at radius 3 is 2.73 bits per heavy atom. The number of aromatic nitrogens is 3. The molecule has 0 bridgehead atoms. The average molecular weight is 422 g/mol. The van der Waals surface area contributed by atoms with Crippen LogP contribution in [0.5, 0.6) is 0 Å².